The molecule has 0 unspecified atom stereocenters. The molecular formula is C14H15F3N2O4. The number of rotatable bonds is 4. The maximum atomic E-state index is 13.0. The molecule has 1 aromatic carbocycles. The van der Waals surface area contributed by atoms with Gasteiger partial charge in [0.1, 0.15) is 11.6 Å². The van der Waals surface area contributed by atoms with Crippen molar-refractivity contribution < 1.29 is 27.6 Å². The number of alkyl halides is 3. The summed E-state index contributed by atoms with van der Waals surface area (Å²) in [5.74, 6) is -0.503. The quantitative estimate of drug-likeness (QED) is 0.481. The molecule has 1 atom stereocenters. The Morgan fingerprint density at radius 1 is 1.48 bits per heavy atom. The molecule has 1 aliphatic rings. The summed E-state index contributed by atoms with van der Waals surface area (Å²) in [6, 6.07) is 2.09. The molecule has 1 saturated heterocycles. The van der Waals surface area contributed by atoms with Crippen LogP contribution < -0.4 is 4.90 Å². The molecule has 0 spiro atoms. The summed E-state index contributed by atoms with van der Waals surface area (Å²) < 4.78 is 44.0. The van der Waals surface area contributed by atoms with Gasteiger partial charge in [-0.3, -0.25) is 10.1 Å². The first-order chi connectivity index (χ1) is 10.8. The first-order valence-electron chi connectivity index (χ1n) is 7.04. The SMILES string of the molecule is CCOC(=O)[C@H]1CCCN1c1ccc([N+](=O)[O-])c(C(F)(F)F)c1. The number of benzene rings is 1. The summed E-state index contributed by atoms with van der Waals surface area (Å²) in [4.78, 5) is 23.1. The molecule has 0 amide bonds. The van der Waals surface area contributed by atoms with Gasteiger partial charge in [-0.2, -0.15) is 13.2 Å². The third kappa shape index (κ3) is 3.54. The van der Waals surface area contributed by atoms with Crippen LogP contribution in [0.2, 0.25) is 0 Å². The largest absolute Gasteiger partial charge is 0.464 e. The van der Waals surface area contributed by atoms with Gasteiger partial charge in [-0.05, 0) is 31.9 Å². The van der Waals surface area contributed by atoms with E-state index in [1.54, 1.807) is 6.92 Å². The van der Waals surface area contributed by atoms with Gasteiger partial charge in [-0.25, -0.2) is 4.79 Å². The number of anilines is 1. The maximum absolute atomic E-state index is 13.0. The second kappa shape index (κ2) is 6.43. The van der Waals surface area contributed by atoms with Crippen molar-refractivity contribution in [3.63, 3.8) is 0 Å². The molecule has 0 aliphatic carbocycles. The second-order valence-electron chi connectivity index (χ2n) is 5.06. The minimum Gasteiger partial charge on any atom is -0.464 e. The van der Waals surface area contributed by atoms with Crippen LogP contribution in [0, 0.1) is 10.1 Å². The highest BCUT2D eigenvalue weighted by Crippen LogP contribution is 2.39. The van der Waals surface area contributed by atoms with E-state index in [-0.39, 0.29) is 12.3 Å². The highest BCUT2D eigenvalue weighted by molar-refractivity contribution is 5.81. The van der Waals surface area contributed by atoms with Gasteiger partial charge in [0.25, 0.3) is 5.69 Å². The molecule has 0 radical (unpaired) electrons. The first kappa shape index (κ1) is 17.0. The summed E-state index contributed by atoms with van der Waals surface area (Å²) in [5.41, 5.74) is -2.21. The van der Waals surface area contributed by atoms with Crippen molar-refractivity contribution in [3.8, 4) is 0 Å². The summed E-state index contributed by atoms with van der Waals surface area (Å²) in [7, 11) is 0. The van der Waals surface area contributed by atoms with Crippen LogP contribution >= 0.6 is 0 Å². The standard InChI is InChI=1S/C14H15F3N2O4/c1-2-23-13(20)12-4-3-7-18(12)9-5-6-11(19(21)22)10(8-9)14(15,16)17/h5-6,8,12H,2-4,7H2,1H3/t12-/m1/s1. The lowest BCUT2D eigenvalue weighted by Gasteiger charge is -2.25. The zero-order chi connectivity index (χ0) is 17.2. The fourth-order valence-electron chi connectivity index (χ4n) is 2.65. The molecule has 1 heterocycles. The lowest BCUT2D eigenvalue weighted by molar-refractivity contribution is -0.388. The minimum absolute atomic E-state index is 0.124. The number of nitro groups is 1. The molecule has 1 fully saturated rings. The highest BCUT2D eigenvalue weighted by Gasteiger charge is 2.40. The van der Waals surface area contributed by atoms with E-state index in [1.165, 1.54) is 11.0 Å². The molecule has 23 heavy (non-hydrogen) atoms. The maximum Gasteiger partial charge on any atom is 0.423 e. The molecule has 126 valence electrons. The van der Waals surface area contributed by atoms with E-state index in [0.29, 0.717) is 19.4 Å². The Kier molecular flexibility index (Phi) is 4.76. The van der Waals surface area contributed by atoms with Gasteiger partial charge in [0.15, 0.2) is 0 Å². The van der Waals surface area contributed by atoms with E-state index in [4.69, 9.17) is 4.74 Å². The van der Waals surface area contributed by atoms with Gasteiger partial charge in [0, 0.05) is 18.3 Å². The van der Waals surface area contributed by atoms with Crippen LogP contribution in [-0.2, 0) is 15.7 Å². The van der Waals surface area contributed by atoms with Gasteiger partial charge in [-0.1, -0.05) is 0 Å². The highest BCUT2D eigenvalue weighted by atomic mass is 19.4. The van der Waals surface area contributed by atoms with E-state index in [0.717, 1.165) is 12.1 Å². The topological polar surface area (TPSA) is 72.7 Å². The number of hydrogen-bond acceptors (Lipinski definition) is 5. The minimum atomic E-state index is -4.85. The normalized spacial score (nSPS) is 18.1. The number of ether oxygens (including phenoxy) is 1. The fraction of sp³-hybridized carbons (Fsp3) is 0.500. The van der Waals surface area contributed by atoms with Crippen LogP contribution in [-0.4, -0.2) is 30.1 Å². The molecule has 9 heteroatoms. The zero-order valence-electron chi connectivity index (χ0n) is 12.3. The number of esters is 1. The number of nitro benzene ring substituents is 1. The summed E-state index contributed by atoms with van der Waals surface area (Å²) in [6.45, 7) is 2.21. The van der Waals surface area contributed by atoms with Crippen molar-refractivity contribution >= 4 is 17.3 Å². The first-order valence-corrected chi connectivity index (χ1v) is 7.04. The molecular weight excluding hydrogens is 317 g/mol. The van der Waals surface area contributed by atoms with Crippen LogP contribution in [0.3, 0.4) is 0 Å². The summed E-state index contributed by atoms with van der Waals surface area (Å²) in [6.07, 6.45) is -3.75. The molecule has 6 nitrogen and oxygen atoms in total. The predicted octanol–water partition coefficient (Wildman–Crippen LogP) is 3.15. The Hall–Kier alpha value is -2.32. The Bertz CT molecular complexity index is 619. The van der Waals surface area contributed by atoms with E-state index in [9.17, 15) is 28.1 Å². The Balaban J connectivity index is 2.40. The van der Waals surface area contributed by atoms with Crippen LogP contribution in [0.25, 0.3) is 0 Å². The van der Waals surface area contributed by atoms with E-state index in [2.05, 4.69) is 0 Å². The van der Waals surface area contributed by atoms with Crippen LogP contribution in [0.15, 0.2) is 18.2 Å². The molecule has 0 N–H and O–H groups in total. The van der Waals surface area contributed by atoms with Gasteiger partial charge in [-0.15, -0.1) is 0 Å². The van der Waals surface area contributed by atoms with Gasteiger partial charge < -0.3 is 9.64 Å². The van der Waals surface area contributed by atoms with Crippen molar-refractivity contribution in [1.82, 2.24) is 0 Å². The molecule has 0 aromatic heterocycles. The van der Waals surface area contributed by atoms with Crippen molar-refractivity contribution in [2.24, 2.45) is 0 Å². The van der Waals surface area contributed by atoms with Crippen molar-refractivity contribution in [2.75, 3.05) is 18.1 Å². The van der Waals surface area contributed by atoms with Gasteiger partial charge >= 0.3 is 12.1 Å². The van der Waals surface area contributed by atoms with Gasteiger partial charge in [0.2, 0.25) is 0 Å². The van der Waals surface area contributed by atoms with Gasteiger partial charge in [0.05, 0.1) is 11.5 Å². The van der Waals surface area contributed by atoms with Crippen LogP contribution in [0.5, 0.6) is 0 Å². The molecule has 2 rings (SSSR count). The van der Waals surface area contributed by atoms with E-state index in [1.807, 2.05) is 0 Å². The summed E-state index contributed by atoms with van der Waals surface area (Å²) in [5, 5.41) is 10.8. The zero-order valence-corrected chi connectivity index (χ0v) is 12.3. The number of carbonyl (C=O) groups excluding carboxylic acids is 1. The Labute approximate surface area is 130 Å². The Morgan fingerprint density at radius 2 is 2.17 bits per heavy atom. The average Bonchev–Trinajstić information content (AvgIpc) is 2.95. The van der Waals surface area contributed by atoms with E-state index < -0.39 is 34.4 Å². The molecule has 1 aromatic rings. The van der Waals surface area contributed by atoms with E-state index >= 15 is 0 Å². The van der Waals surface area contributed by atoms with Crippen LogP contribution in [0.4, 0.5) is 24.5 Å². The lowest BCUT2D eigenvalue weighted by atomic mass is 10.1. The van der Waals surface area contributed by atoms with Crippen molar-refractivity contribution in [1.29, 1.82) is 0 Å². The number of nitrogens with zero attached hydrogens (tertiary/aromatic N) is 2. The monoisotopic (exact) mass is 332 g/mol. The fourth-order valence-corrected chi connectivity index (χ4v) is 2.65. The number of carbonyl (C=O) groups is 1. The van der Waals surface area contributed by atoms with Crippen LogP contribution in [0.1, 0.15) is 25.3 Å². The third-order valence-electron chi connectivity index (χ3n) is 3.63. The smallest absolute Gasteiger partial charge is 0.423 e. The Morgan fingerprint density at radius 3 is 2.74 bits per heavy atom. The lowest BCUT2D eigenvalue weighted by Crippen LogP contribution is -2.37. The number of halogens is 3. The molecule has 0 saturated carbocycles. The third-order valence-corrected chi connectivity index (χ3v) is 3.63. The predicted molar refractivity (Wildman–Crippen MR) is 75.1 cm³/mol. The second-order valence-corrected chi connectivity index (χ2v) is 5.06. The van der Waals surface area contributed by atoms with Crippen molar-refractivity contribution in [2.45, 2.75) is 32.0 Å². The summed E-state index contributed by atoms with van der Waals surface area (Å²) >= 11 is 0. The molecule has 1 aliphatic heterocycles. The number of hydrogen-bond donors (Lipinski definition) is 0. The average molecular weight is 332 g/mol. The van der Waals surface area contributed by atoms with Crippen molar-refractivity contribution in [3.05, 3.63) is 33.9 Å². The molecule has 0 bridgehead atoms.